The molecule has 0 aliphatic carbocycles. The highest BCUT2D eigenvalue weighted by Gasteiger charge is 2.30. The first-order chi connectivity index (χ1) is 9.32. The van der Waals surface area contributed by atoms with Gasteiger partial charge in [-0.3, -0.25) is 4.79 Å². The van der Waals surface area contributed by atoms with Crippen molar-refractivity contribution in [2.45, 2.75) is 18.2 Å². The van der Waals surface area contributed by atoms with Crippen molar-refractivity contribution in [1.29, 1.82) is 0 Å². The third-order valence-corrected chi connectivity index (χ3v) is 6.17. The van der Waals surface area contributed by atoms with Crippen molar-refractivity contribution < 1.29 is 13.2 Å². The van der Waals surface area contributed by atoms with Gasteiger partial charge in [-0.25, -0.2) is 8.42 Å². The van der Waals surface area contributed by atoms with Gasteiger partial charge in [0.1, 0.15) is 0 Å². The molecule has 0 radical (unpaired) electrons. The second-order valence-electron chi connectivity index (χ2n) is 4.94. The summed E-state index contributed by atoms with van der Waals surface area (Å²) in [5, 5.41) is 0. The van der Waals surface area contributed by atoms with Gasteiger partial charge in [0.25, 0.3) is 0 Å². The van der Waals surface area contributed by atoms with Crippen molar-refractivity contribution in [3.05, 3.63) is 28.2 Å². The first-order valence-electron chi connectivity index (χ1n) is 6.32. The number of amides is 1. The minimum atomic E-state index is -3.65. The van der Waals surface area contributed by atoms with Crippen LogP contribution in [0.15, 0.2) is 27.6 Å². The number of nitrogens with zero attached hydrogens (tertiary/aromatic N) is 2. The fourth-order valence-electron chi connectivity index (χ4n) is 2.12. The third-order valence-electron chi connectivity index (χ3n) is 3.34. The van der Waals surface area contributed by atoms with Crippen LogP contribution in [-0.4, -0.2) is 50.2 Å². The van der Waals surface area contributed by atoms with Crippen LogP contribution in [0.4, 0.5) is 0 Å². The summed E-state index contributed by atoms with van der Waals surface area (Å²) in [7, 11) is -1.96. The van der Waals surface area contributed by atoms with Gasteiger partial charge in [-0.15, -0.1) is 0 Å². The average Bonchev–Trinajstić information content (AvgIpc) is 2.52. The van der Waals surface area contributed by atoms with Crippen LogP contribution in [0, 0.1) is 6.92 Å². The number of rotatable bonds is 2. The number of hydrogen-bond donors (Lipinski definition) is 0. The van der Waals surface area contributed by atoms with E-state index in [0.29, 0.717) is 24.0 Å². The lowest BCUT2D eigenvalue weighted by Gasteiger charge is -2.20. The molecule has 1 fully saturated rings. The van der Waals surface area contributed by atoms with Crippen LogP contribution in [0.2, 0.25) is 0 Å². The smallest absolute Gasteiger partial charge is 0.244 e. The minimum Gasteiger partial charge on any atom is -0.345 e. The SMILES string of the molecule is Cc1ccc(S(=O)(=O)N2CCCN(C)C(=O)C2)c(Br)c1. The lowest BCUT2D eigenvalue weighted by Crippen LogP contribution is -2.38. The quantitative estimate of drug-likeness (QED) is 0.804. The standard InChI is InChI=1S/C13H17BrN2O3S/c1-10-4-5-12(11(14)8-10)20(18,19)16-7-3-6-15(2)13(17)9-16/h4-5,8H,3,6-7,9H2,1-2H3. The lowest BCUT2D eigenvalue weighted by atomic mass is 10.2. The molecule has 0 N–H and O–H groups in total. The second kappa shape index (κ2) is 5.83. The molecule has 0 bridgehead atoms. The molecule has 0 unspecified atom stereocenters. The number of likely N-dealkylation sites (N-methyl/N-ethyl adjacent to an activating group) is 1. The van der Waals surface area contributed by atoms with Crippen molar-refractivity contribution >= 4 is 31.9 Å². The van der Waals surface area contributed by atoms with Gasteiger partial charge in [0.2, 0.25) is 15.9 Å². The number of carbonyl (C=O) groups excluding carboxylic acids is 1. The van der Waals surface area contributed by atoms with Crippen LogP contribution in [0.25, 0.3) is 0 Å². The Morgan fingerprint density at radius 2 is 1.95 bits per heavy atom. The predicted molar refractivity (Wildman–Crippen MR) is 79.9 cm³/mol. The molecule has 1 heterocycles. The van der Waals surface area contributed by atoms with Gasteiger partial charge in [-0.2, -0.15) is 4.31 Å². The van der Waals surface area contributed by atoms with E-state index in [4.69, 9.17) is 0 Å². The topological polar surface area (TPSA) is 57.7 Å². The molecule has 0 saturated carbocycles. The number of hydrogen-bond acceptors (Lipinski definition) is 3. The van der Waals surface area contributed by atoms with Gasteiger partial charge in [0.15, 0.2) is 0 Å². The third kappa shape index (κ3) is 3.05. The monoisotopic (exact) mass is 360 g/mol. The maximum Gasteiger partial charge on any atom is 0.244 e. The zero-order chi connectivity index (χ0) is 14.9. The van der Waals surface area contributed by atoms with Crippen LogP contribution in [0.5, 0.6) is 0 Å². The van der Waals surface area contributed by atoms with Crippen molar-refractivity contribution in [3.63, 3.8) is 0 Å². The molecule has 1 saturated heterocycles. The first kappa shape index (κ1) is 15.5. The van der Waals surface area contributed by atoms with E-state index in [1.807, 2.05) is 6.92 Å². The molecule has 1 aliphatic rings. The zero-order valence-corrected chi connectivity index (χ0v) is 13.9. The average molecular weight is 361 g/mol. The molecule has 1 aliphatic heterocycles. The van der Waals surface area contributed by atoms with Gasteiger partial charge in [-0.1, -0.05) is 6.07 Å². The van der Waals surface area contributed by atoms with Gasteiger partial charge in [-0.05, 0) is 47.0 Å². The zero-order valence-electron chi connectivity index (χ0n) is 11.5. The first-order valence-corrected chi connectivity index (χ1v) is 8.56. The molecule has 1 amide bonds. The molecule has 2 rings (SSSR count). The Labute approximate surface area is 127 Å². The molecule has 0 spiro atoms. The Hall–Kier alpha value is -0.920. The highest BCUT2D eigenvalue weighted by molar-refractivity contribution is 9.10. The highest BCUT2D eigenvalue weighted by atomic mass is 79.9. The van der Waals surface area contributed by atoms with E-state index in [1.54, 1.807) is 30.1 Å². The molecule has 1 aromatic carbocycles. The summed E-state index contributed by atoms with van der Waals surface area (Å²) in [4.78, 5) is 13.6. The van der Waals surface area contributed by atoms with Crippen LogP contribution >= 0.6 is 15.9 Å². The summed E-state index contributed by atoms with van der Waals surface area (Å²) < 4.78 is 27.1. The Bertz CT molecular complexity index is 631. The van der Waals surface area contributed by atoms with Crippen molar-refractivity contribution in [2.75, 3.05) is 26.7 Å². The van der Waals surface area contributed by atoms with E-state index in [0.717, 1.165) is 5.56 Å². The molecule has 110 valence electrons. The molecular weight excluding hydrogens is 344 g/mol. The fraction of sp³-hybridized carbons (Fsp3) is 0.462. The highest BCUT2D eigenvalue weighted by Crippen LogP contribution is 2.26. The molecule has 5 nitrogen and oxygen atoms in total. The van der Waals surface area contributed by atoms with Gasteiger partial charge < -0.3 is 4.90 Å². The Kier molecular flexibility index (Phi) is 4.51. The molecular formula is C13H17BrN2O3S. The van der Waals surface area contributed by atoms with Crippen molar-refractivity contribution in [2.24, 2.45) is 0 Å². The van der Waals surface area contributed by atoms with E-state index in [1.165, 1.54) is 4.31 Å². The van der Waals surface area contributed by atoms with E-state index < -0.39 is 10.0 Å². The predicted octanol–water partition coefficient (Wildman–Crippen LogP) is 1.61. The van der Waals surface area contributed by atoms with Gasteiger partial charge >= 0.3 is 0 Å². The fourth-order valence-corrected chi connectivity index (χ4v) is 4.70. The Morgan fingerprint density at radius 3 is 2.60 bits per heavy atom. The second-order valence-corrected chi connectivity index (χ2v) is 7.70. The van der Waals surface area contributed by atoms with E-state index in [2.05, 4.69) is 15.9 Å². The van der Waals surface area contributed by atoms with Crippen molar-refractivity contribution in [3.8, 4) is 0 Å². The maximum absolute atomic E-state index is 12.6. The maximum atomic E-state index is 12.6. The molecule has 0 atom stereocenters. The van der Waals surface area contributed by atoms with Crippen molar-refractivity contribution in [1.82, 2.24) is 9.21 Å². The number of aryl methyl sites for hydroxylation is 1. The van der Waals surface area contributed by atoms with E-state index in [-0.39, 0.29) is 17.3 Å². The summed E-state index contributed by atoms with van der Waals surface area (Å²) in [5.74, 6) is -0.172. The summed E-state index contributed by atoms with van der Waals surface area (Å²) in [6.07, 6.45) is 0.644. The largest absolute Gasteiger partial charge is 0.345 e. The number of sulfonamides is 1. The minimum absolute atomic E-state index is 0.0981. The number of benzene rings is 1. The number of carbonyl (C=O) groups is 1. The summed E-state index contributed by atoms with van der Waals surface area (Å²) in [6, 6.07) is 5.09. The van der Waals surface area contributed by atoms with Crippen LogP contribution in [0.3, 0.4) is 0 Å². The van der Waals surface area contributed by atoms with Gasteiger partial charge in [0.05, 0.1) is 11.4 Å². The lowest BCUT2D eigenvalue weighted by molar-refractivity contribution is -0.129. The summed E-state index contributed by atoms with van der Waals surface area (Å²) in [6.45, 7) is 2.74. The Morgan fingerprint density at radius 1 is 1.25 bits per heavy atom. The van der Waals surface area contributed by atoms with Crippen LogP contribution in [0.1, 0.15) is 12.0 Å². The molecule has 7 heteroatoms. The van der Waals surface area contributed by atoms with E-state index >= 15 is 0 Å². The molecule has 0 aromatic heterocycles. The summed E-state index contributed by atoms with van der Waals surface area (Å²) in [5.41, 5.74) is 0.975. The van der Waals surface area contributed by atoms with E-state index in [9.17, 15) is 13.2 Å². The molecule has 1 aromatic rings. The number of halogens is 1. The Balaban J connectivity index is 2.36. The summed E-state index contributed by atoms with van der Waals surface area (Å²) >= 11 is 3.29. The normalized spacial score (nSPS) is 18.1. The van der Waals surface area contributed by atoms with Crippen LogP contribution < -0.4 is 0 Å². The van der Waals surface area contributed by atoms with Crippen LogP contribution in [-0.2, 0) is 14.8 Å². The molecule has 20 heavy (non-hydrogen) atoms. The van der Waals surface area contributed by atoms with Gasteiger partial charge in [0, 0.05) is 24.6 Å².